The van der Waals surface area contributed by atoms with E-state index in [4.69, 9.17) is 10.2 Å². The van der Waals surface area contributed by atoms with E-state index in [9.17, 15) is 14.4 Å². The Bertz CT molecular complexity index is 386. The van der Waals surface area contributed by atoms with Gasteiger partial charge >= 0.3 is 18.0 Å². The number of carbonyl (C=O) groups is 3. The van der Waals surface area contributed by atoms with Gasteiger partial charge in [-0.1, -0.05) is 13.3 Å². The normalized spacial score (nSPS) is 19.3. The average molecular weight is 300 g/mol. The molecule has 2 atom stereocenters. The van der Waals surface area contributed by atoms with Gasteiger partial charge in [0.15, 0.2) is 0 Å². The molecule has 2 amide bonds. The molecule has 120 valence electrons. The van der Waals surface area contributed by atoms with Crippen molar-refractivity contribution in [3.05, 3.63) is 0 Å². The van der Waals surface area contributed by atoms with Crippen molar-refractivity contribution in [3.63, 3.8) is 0 Å². The van der Waals surface area contributed by atoms with E-state index in [0.29, 0.717) is 19.0 Å². The van der Waals surface area contributed by atoms with E-state index in [-0.39, 0.29) is 25.3 Å². The summed E-state index contributed by atoms with van der Waals surface area (Å²) in [7, 11) is 0. The van der Waals surface area contributed by atoms with Crippen LogP contribution in [0, 0.1) is 5.92 Å². The van der Waals surface area contributed by atoms with E-state index in [1.807, 2.05) is 0 Å². The van der Waals surface area contributed by atoms with Crippen LogP contribution in [0.3, 0.4) is 0 Å². The summed E-state index contributed by atoms with van der Waals surface area (Å²) >= 11 is 0. The number of nitrogens with zero attached hydrogens (tertiary/aromatic N) is 1. The minimum absolute atomic E-state index is 0.0953. The molecule has 1 aliphatic heterocycles. The van der Waals surface area contributed by atoms with Gasteiger partial charge in [0.25, 0.3) is 0 Å². The van der Waals surface area contributed by atoms with E-state index in [1.165, 1.54) is 0 Å². The van der Waals surface area contributed by atoms with Gasteiger partial charge in [-0.25, -0.2) is 9.59 Å². The minimum Gasteiger partial charge on any atom is -0.481 e. The number of aliphatic carboxylic acids is 2. The Labute approximate surface area is 124 Å². The number of likely N-dealkylation sites (tertiary alicyclic amines) is 1. The molecule has 3 N–H and O–H groups in total. The number of carboxylic acid groups (broad SMARTS) is 2. The lowest BCUT2D eigenvalue weighted by atomic mass is 10.0. The standard InChI is InChI=1S/C14H24N2O5/c1-2-4-10-7-8-16(9-10)14(21)15-11(13(19)20)5-3-6-12(17)18/h10-11H,2-9H2,1H3,(H,15,21)(H,17,18)(H,19,20)/t10?,11-/m1/s1. The molecule has 0 bridgehead atoms. The molecular weight excluding hydrogens is 276 g/mol. The second-order valence-corrected chi connectivity index (χ2v) is 5.52. The van der Waals surface area contributed by atoms with Crippen LogP contribution in [0.1, 0.15) is 45.4 Å². The zero-order valence-electron chi connectivity index (χ0n) is 12.4. The summed E-state index contributed by atoms with van der Waals surface area (Å²) in [5.74, 6) is -1.60. The summed E-state index contributed by atoms with van der Waals surface area (Å²) in [4.78, 5) is 35.2. The molecule has 0 aromatic rings. The highest BCUT2D eigenvalue weighted by Crippen LogP contribution is 2.20. The highest BCUT2D eigenvalue weighted by atomic mass is 16.4. The molecule has 1 fully saturated rings. The molecule has 7 nitrogen and oxygen atoms in total. The van der Waals surface area contributed by atoms with E-state index < -0.39 is 18.0 Å². The van der Waals surface area contributed by atoms with Gasteiger partial charge < -0.3 is 20.4 Å². The highest BCUT2D eigenvalue weighted by Gasteiger charge is 2.28. The van der Waals surface area contributed by atoms with Crippen LogP contribution in [-0.4, -0.2) is 52.2 Å². The van der Waals surface area contributed by atoms with Crippen LogP contribution >= 0.6 is 0 Å². The molecule has 0 aliphatic carbocycles. The number of rotatable bonds is 8. The van der Waals surface area contributed by atoms with Crippen molar-refractivity contribution in [3.8, 4) is 0 Å². The first kappa shape index (κ1) is 17.3. The van der Waals surface area contributed by atoms with Gasteiger partial charge in [0.2, 0.25) is 0 Å². The fraction of sp³-hybridized carbons (Fsp3) is 0.786. The third-order valence-corrected chi connectivity index (χ3v) is 3.75. The second-order valence-electron chi connectivity index (χ2n) is 5.52. The van der Waals surface area contributed by atoms with Gasteiger partial charge in [-0.15, -0.1) is 0 Å². The lowest BCUT2D eigenvalue weighted by molar-refractivity contribution is -0.140. The van der Waals surface area contributed by atoms with E-state index in [1.54, 1.807) is 4.90 Å². The maximum atomic E-state index is 12.0. The van der Waals surface area contributed by atoms with Crippen LogP contribution in [0.25, 0.3) is 0 Å². The summed E-state index contributed by atoms with van der Waals surface area (Å²) < 4.78 is 0. The molecule has 21 heavy (non-hydrogen) atoms. The van der Waals surface area contributed by atoms with Crippen molar-refractivity contribution < 1.29 is 24.6 Å². The van der Waals surface area contributed by atoms with Crippen molar-refractivity contribution in [1.82, 2.24) is 10.2 Å². The summed E-state index contributed by atoms with van der Waals surface area (Å²) in [5.41, 5.74) is 0. The molecular formula is C14H24N2O5. The second kappa shape index (κ2) is 8.49. The number of carbonyl (C=O) groups excluding carboxylic acids is 1. The third-order valence-electron chi connectivity index (χ3n) is 3.75. The van der Waals surface area contributed by atoms with E-state index in [0.717, 1.165) is 19.3 Å². The summed E-state index contributed by atoms with van der Waals surface area (Å²) in [6.07, 6.45) is 3.36. The number of hydrogen-bond acceptors (Lipinski definition) is 3. The molecule has 1 saturated heterocycles. The predicted molar refractivity (Wildman–Crippen MR) is 76.0 cm³/mol. The molecule has 1 aliphatic rings. The van der Waals surface area contributed by atoms with Crippen LogP contribution in [0.5, 0.6) is 0 Å². The molecule has 0 spiro atoms. The Morgan fingerprint density at radius 1 is 1.33 bits per heavy atom. The van der Waals surface area contributed by atoms with Crippen LogP contribution < -0.4 is 5.32 Å². The maximum Gasteiger partial charge on any atom is 0.326 e. The van der Waals surface area contributed by atoms with Crippen LogP contribution in [0.2, 0.25) is 0 Å². The molecule has 0 radical (unpaired) electrons. The molecule has 0 aromatic heterocycles. The smallest absolute Gasteiger partial charge is 0.326 e. The summed E-state index contributed by atoms with van der Waals surface area (Å²) in [6.45, 7) is 3.42. The Kier molecular flexibility index (Phi) is 6.98. The van der Waals surface area contributed by atoms with Crippen molar-refractivity contribution >= 4 is 18.0 Å². The van der Waals surface area contributed by atoms with Gasteiger partial charge in [0.05, 0.1) is 0 Å². The summed E-state index contributed by atoms with van der Waals surface area (Å²) in [5, 5.41) is 20.1. The van der Waals surface area contributed by atoms with Gasteiger partial charge in [-0.2, -0.15) is 0 Å². The van der Waals surface area contributed by atoms with Gasteiger partial charge in [-0.05, 0) is 31.6 Å². The maximum absolute atomic E-state index is 12.0. The first-order valence-corrected chi connectivity index (χ1v) is 7.44. The predicted octanol–water partition coefficient (Wildman–Crippen LogP) is 1.53. The van der Waals surface area contributed by atoms with E-state index in [2.05, 4.69) is 12.2 Å². The number of amides is 2. The SMILES string of the molecule is CCCC1CCN(C(=O)N[C@H](CCCC(=O)O)C(=O)O)C1. The Morgan fingerprint density at radius 2 is 2.05 bits per heavy atom. The van der Waals surface area contributed by atoms with Gasteiger partial charge in [0, 0.05) is 19.5 Å². The fourth-order valence-corrected chi connectivity index (χ4v) is 2.62. The van der Waals surface area contributed by atoms with Crippen molar-refractivity contribution in [2.45, 2.75) is 51.5 Å². The zero-order valence-corrected chi connectivity index (χ0v) is 12.4. The highest BCUT2D eigenvalue weighted by molar-refractivity contribution is 5.82. The number of hydrogen-bond donors (Lipinski definition) is 3. The average Bonchev–Trinajstić information content (AvgIpc) is 2.86. The zero-order chi connectivity index (χ0) is 15.8. The topological polar surface area (TPSA) is 107 Å². The monoisotopic (exact) mass is 300 g/mol. The Balaban J connectivity index is 2.42. The first-order chi connectivity index (χ1) is 9.93. The number of urea groups is 1. The quantitative estimate of drug-likeness (QED) is 0.630. The lowest BCUT2D eigenvalue weighted by Gasteiger charge is -2.21. The largest absolute Gasteiger partial charge is 0.481 e. The van der Waals surface area contributed by atoms with Gasteiger partial charge in [-0.3, -0.25) is 4.79 Å². The molecule has 7 heteroatoms. The lowest BCUT2D eigenvalue weighted by Crippen LogP contribution is -2.47. The van der Waals surface area contributed by atoms with Gasteiger partial charge in [0.1, 0.15) is 6.04 Å². The first-order valence-electron chi connectivity index (χ1n) is 7.44. The molecule has 0 aromatic carbocycles. The number of nitrogens with one attached hydrogen (secondary N) is 1. The minimum atomic E-state index is -1.13. The molecule has 0 saturated carbocycles. The van der Waals surface area contributed by atoms with Crippen LogP contribution in [0.4, 0.5) is 4.79 Å². The van der Waals surface area contributed by atoms with Crippen molar-refractivity contribution in [2.75, 3.05) is 13.1 Å². The molecule has 1 unspecified atom stereocenters. The molecule has 1 heterocycles. The fourth-order valence-electron chi connectivity index (χ4n) is 2.62. The molecule has 1 rings (SSSR count). The van der Waals surface area contributed by atoms with E-state index >= 15 is 0 Å². The Hall–Kier alpha value is -1.79. The Morgan fingerprint density at radius 3 is 2.62 bits per heavy atom. The van der Waals surface area contributed by atoms with Crippen molar-refractivity contribution in [2.24, 2.45) is 5.92 Å². The van der Waals surface area contributed by atoms with Crippen LogP contribution in [-0.2, 0) is 9.59 Å². The van der Waals surface area contributed by atoms with Crippen LogP contribution in [0.15, 0.2) is 0 Å². The third kappa shape index (κ3) is 6.01. The number of carboxylic acids is 2. The van der Waals surface area contributed by atoms with Crippen molar-refractivity contribution in [1.29, 1.82) is 0 Å². The summed E-state index contributed by atoms with van der Waals surface area (Å²) in [6, 6.07) is -1.39.